The van der Waals surface area contributed by atoms with E-state index in [9.17, 15) is 0 Å². The van der Waals surface area contributed by atoms with E-state index in [0.29, 0.717) is 0 Å². The summed E-state index contributed by atoms with van der Waals surface area (Å²) in [6, 6.07) is 0.852. The molecule has 1 saturated carbocycles. The number of nitrogens with zero attached hydrogens (tertiary/aromatic N) is 1. The van der Waals surface area contributed by atoms with Gasteiger partial charge in [-0.1, -0.05) is 0 Å². The summed E-state index contributed by atoms with van der Waals surface area (Å²) < 4.78 is 5.61. The molecule has 0 amide bonds. The second-order valence-corrected chi connectivity index (χ2v) is 5.62. The van der Waals surface area contributed by atoms with Crippen molar-refractivity contribution in [2.45, 2.75) is 50.7 Å². The number of likely N-dealkylation sites (tertiary alicyclic amines) is 1. The molecule has 16 heavy (non-hydrogen) atoms. The first-order valence-corrected chi connectivity index (χ1v) is 6.73. The van der Waals surface area contributed by atoms with Gasteiger partial charge < -0.3 is 15.0 Å². The zero-order valence-corrected chi connectivity index (χ0v) is 10.8. The van der Waals surface area contributed by atoms with Gasteiger partial charge in [0.2, 0.25) is 0 Å². The van der Waals surface area contributed by atoms with Crippen LogP contribution in [0.3, 0.4) is 0 Å². The minimum Gasteiger partial charge on any atom is -0.377 e. The predicted molar refractivity (Wildman–Crippen MR) is 66.7 cm³/mol. The number of piperidine rings is 1. The average Bonchev–Trinajstić information content (AvgIpc) is 3.09. The van der Waals surface area contributed by atoms with Crippen molar-refractivity contribution < 1.29 is 4.74 Å². The molecular weight excluding hydrogens is 200 g/mol. The van der Waals surface area contributed by atoms with E-state index >= 15 is 0 Å². The lowest BCUT2D eigenvalue weighted by molar-refractivity contribution is -0.0507. The second kappa shape index (κ2) is 5.48. The lowest BCUT2D eigenvalue weighted by Crippen LogP contribution is -2.47. The monoisotopic (exact) mass is 226 g/mol. The van der Waals surface area contributed by atoms with Gasteiger partial charge in [-0.25, -0.2) is 0 Å². The summed E-state index contributed by atoms with van der Waals surface area (Å²) >= 11 is 0. The molecule has 0 aromatic heterocycles. The fraction of sp³-hybridized carbons (Fsp3) is 1.00. The number of methoxy groups -OCH3 is 1. The molecule has 0 aromatic rings. The number of nitrogens with one attached hydrogen (secondary N) is 1. The van der Waals surface area contributed by atoms with Gasteiger partial charge in [0.1, 0.15) is 0 Å². The van der Waals surface area contributed by atoms with Crippen molar-refractivity contribution in [1.82, 2.24) is 10.2 Å². The smallest absolute Gasteiger partial charge is 0.0777 e. The van der Waals surface area contributed by atoms with E-state index in [1.807, 2.05) is 7.11 Å². The van der Waals surface area contributed by atoms with Crippen molar-refractivity contribution >= 4 is 0 Å². The predicted octanol–water partition coefficient (Wildman–Crippen LogP) is 1.63. The van der Waals surface area contributed by atoms with Crippen molar-refractivity contribution in [3.05, 3.63) is 0 Å². The van der Waals surface area contributed by atoms with E-state index in [1.54, 1.807) is 0 Å². The molecule has 1 atom stereocenters. The maximum absolute atomic E-state index is 5.61. The van der Waals surface area contributed by atoms with Gasteiger partial charge in [0, 0.05) is 19.7 Å². The van der Waals surface area contributed by atoms with Crippen LogP contribution in [-0.2, 0) is 4.74 Å². The lowest BCUT2D eigenvalue weighted by Gasteiger charge is -2.39. The normalized spacial score (nSPS) is 31.9. The molecule has 2 aliphatic rings. The van der Waals surface area contributed by atoms with Crippen LogP contribution in [0.2, 0.25) is 0 Å². The Morgan fingerprint density at radius 3 is 2.94 bits per heavy atom. The molecule has 1 saturated heterocycles. The van der Waals surface area contributed by atoms with Crippen molar-refractivity contribution in [3.63, 3.8) is 0 Å². The summed E-state index contributed by atoms with van der Waals surface area (Å²) in [4.78, 5) is 2.56. The first-order valence-electron chi connectivity index (χ1n) is 6.73. The molecule has 1 unspecified atom stereocenters. The van der Waals surface area contributed by atoms with E-state index in [-0.39, 0.29) is 5.60 Å². The number of ether oxygens (including phenoxy) is 1. The minimum absolute atomic E-state index is 0.0994. The Labute approximate surface area is 99.5 Å². The Hall–Kier alpha value is -0.120. The van der Waals surface area contributed by atoms with Crippen LogP contribution in [-0.4, -0.2) is 49.8 Å². The Morgan fingerprint density at radius 2 is 2.25 bits per heavy atom. The molecule has 2 fully saturated rings. The zero-order valence-electron chi connectivity index (χ0n) is 10.8. The van der Waals surface area contributed by atoms with Gasteiger partial charge in [0.25, 0.3) is 0 Å². The SMILES string of the molecule is COC1(C)CCCN(CCCNC2CC2)C1. The molecule has 94 valence electrons. The van der Waals surface area contributed by atoms with Gasteiger partial charge in [-0.05, 0) is 58.7 Å². The largest absolute Gasteiger partial charge is 0.377 e. The summed E-state index contributed by atoms with van der Waals surface area (Å²) in [5.41, 5.74) is 0.0994. The third kappa shape index (κ3) is 3.72. The van der Waals surface area contributed by atoms with Crippen molar-refractivity contribution in [2.75, 3.05) is 33.3 Å². The quantitative estimate of drug-likeness (QED) is 0.697. The highest BCUT2D eigenvalue weighted by atomic mass is 16.5. The Morgan fingerprint density at radius 1 is 1.44 bits per heavy atom. The summed E-state index contributed by atoms with van der Waals surface area (Å²) in [6.45, 7) is 7.00. The fourth-order valence-corrected chi connectivity index (χ4v) is 2.56. The molecular formula is C13H26N2O. The van der Waals surface area contributed by atoms with E-state index < -0.39 is 0 Å². The molecule has 1 aliphatic heterocycles. The second-order valence-electron chi connectivity index (χ2n) is 5.62. The van der Waals surface area contributed by atoms with Crippen LogP contribution in [0.5, 0.6) is 0 Å². The van der Waals surface area contributed by atoms with Gasteiger partial charge in [0.05, 0.1) is 5.60 Å². The van der Waals surface area contributed by atoms with Crippen molar-refractivity contribution in [3.8, 4) is 0 Å². The van der Waals surface area contributed by atoms with Crippen LogP contribution in [0.25, 0.3) is 0 Å². The van der Waals surface area contributed by atoms with E-state index in [1.165, 1.54) is 51.7 Å². The third-order valence-electron chi connectivity index (χ3n) is 3.89. The Balaban J connectivity index is 1.60. The van der Waals surface area contributed by atoms with E-state index in [2.05, 4.69) is 17.1 Å². The standard InChI is InChI=1S/C13H26N2O/c1-13(16-2)7-3-9-15(11-13)10-4-8-14-12-5-6-12/h12,14H,3-11H2,1-2H3. The van der Waals surface area contributed by atoms with Gasteiger partial charge in [-0.15, -0.1) is 0 Å². The molecule has 0 bridgehead atoms. The molecule has 3 heteroatoms. The summed E-state index contributed by atoms with van der Waals surface area (Å²) in [5.74, 6) is 0. The Kier molecular flexibility index (Phi) is 4.22. The van der Waals surface area contributed by atoms with Gasteiger partial charge in [0.15, 0.2) is 0 Å². The van der Waals surface area contributed by atoms with Crippen LogP contribution in [0.1, 0.15) is 39.0 Å². The summed E-state index contributed by atoms with van der Waals surface area (Å²) in [5, 5.41) is 3.57. The molecule has 2 rings (SSSR count). The maximum Gasteiger partial charge on any atom is 0.0777 e. The summed E-state index contributed by atoms with van der Waals surface area (Å²) in [7, 11) is 1.85. The number of rotatable bonds is 6. The highest BCUT2D eigenvalue weighted by Crippen LogP contribution is 2.23. The fourth-order valence-electron chi connectivity index (χ4n) is 2.56. The van der Waals surface area contributed by atoms with Crippen LogP contribution in [0.4, 0.5) is 0 Å². The van der Waals surface area contributed by atoms with Crippen LogP contribution < -0.4 is 5.32 Å². The highest BCUT2D eigenvalue weighted by molar-refractivity contribution is 4.85. The molecule has 1 N–H and O–H groups in total. The van der Waals surface area contributed by atoms with E-state index in [4.69, 9.17) is 4.74 Å². The van der Waals surface area contributed by atoms with E-state index in [0.717, 1.165) is 12.6 Å². The minimum atomic E-state index is 0.0994. The first-order chi connectivity index (χ1) is 7.72. The maximum atomic E-state index is 5.61. The molecule has 1 heterocycles. The Bertz CT molecular complexity index is 218. The van der Waals surface area contributed by atoms with Gasteiger partial charge >= 0.3 is 0 Å². The zero-order chi connectivity index (χ0) is 11.4. The summed E-state index contributed by atoms with van der Waals surface area (Å²) in [6.07, 6.45) is 6.55. The van der Waals surface area contributed by atoms with Gasteiger partial charge in [-0.2, -0.15) is 0 Å². The topological polar surface area (TPSA) is 24.5 Å². The third-order valence-corrected chi connectivity index (χ3v) is 3.89. The molecule has 0 aromatic carbocycles. The molecule has 0 radical (unpaired) electrons. The number of hydrogen-bond donors (Lipinski definition) is 1. The average molecular weight is 226 g/mol. The molecule has 3 nitrogen and oxygen atoms in total. The number of hydrogen-bond acceptors (Lipinski definition) is 3. The first kappa shape index (κ1) is 12.3. The highest BCUT2D eigenvalue weighted by Gasteiger charge is 2.30. The molecule has 1 aliphatic carbocycles. The van der Waals surface area contributed by atoms with Crippen LogP contribution >= 0.6 is 0 Å². The molecule has 0 spiro atoms. The van der Waals surface area contributed by atoms with Crippen LogP contribution in [0.15, 0.2) is 0 Å². The van der Waals surface area contributed by atoms with Gasteiger partial charge in [-0.3, -0.25) is 0 Å². The lowest BCUT2D eigenvalue weighted by atomic mass is 9.95. The van der Waals surface area contributed by atoms with Crippen molar-refractivity contribution in [2.24, 2.45) is 0 Å². The van der Waals surface area contributed by atoms with Crippen LogP contribution in [0, 0.1) is 0 Å². The van der Waals surface area contributed by atoms with Crippen molar-refractivity contribution in [1.29, 1.82) is 0 Å².